The molecule has 0 fully saturated rings. The SMILES string of the molecule is Cc1ccc2cc(C(C)C=O)ccc2n1. The predicted molar refractivity (Wildman–Crippen MR) is 61.0 cm³/mol. The molecule has 0 spiro atoms. The average molecular weight is 199 g/mol. The number of carbonyl (C=O) groups excluding carboxylic acids is 1. The normalized spacial score (nSPS) is 12.7. The number of carbonyl (C=O) groups is 1. The van der Waals surface area contributed by atoms with Gasteiger partial charge in [0.15, 0.2) is 0 Å². The zero-order valence-electron chi connectivity index (χ0n) is 8.90. The van der Waals surface area contributed by atoms with Gasteiger partial charge >= 0.3 is 0 Å². The van der Waals surface area contributed by atoms with E-state index in [9.17, 15) is 4.79 Å². The van der Waals surface area contributed by atoms with E-state index < -0.39 is 0 Å². The minimum absolute atomic E-state index is 0.0456. The lowest BCUT2D eigenvalue weighted by atomic mass is 10.0. The zero-order chi connectivity index (χ0) is 10.8. The number of aryl methyl sites for hydroxylation is 1. The molecule has 1 unspecified atom stereocenters. The van der Waals surface area contributed by atoms with Crippen molar-refractivity contribution in [2.45, 2.75) is 19.8 Å². The highest BCUT2D eigenvalue weighted by Crippen LogP contribution is 2.19. The lowest BCUT2D eigenvalue weighted by Gasteiger charge is -2.05. The first kappa shape index (κ1) is 9.84. The van der Waals surface area contributed by atoms with Crippen LogP contribution >= 0.6 is 0 Å². The monoisotopic (exact) mass is 199 g/mol. The summed E-state index contributed by atoms with van der Waals surface area (Å²) in [7, 11) is 0. The molecule has 0 saturated heterocycles. The van der Waals surface area contributed by atoms with Crippen molar-refractivity contribution in [3.05, 3.63) is 41.6 Å². The minimum atomic E-state index is -0.0456. The molecule has 1 aromatic heterocycles. The van der Waals surface area contributed by atoms with Crippen molar-refractivity contribution < 1.29 is 4.79 Å². The molecule has 0 radical (unpaired) electrons. The molecular formula is C13H13NO. The Labute approximate surface area is 89.0 Å². The largest absolute Gasteiger partial charge is 0.303 e. The number of pyridine rings is 1. The summed E-state index contributed by atoms with van der Waals surface area (Å²) in [6, 6.07) is 9.99. The smallest absolute Gasteiger partial charge is 0.127 e. The molecule has 0 bridgehead atoms. The molecule has 0 amide bonds. The number of aldehydes is 1. The number of aromatic nitrogens is 1. The van der Waals surface area contributed by atoms with Gasteiger partial charge in [0.1, 0.15) is 6.29 Å². The molecule has 2 heteroatoms. The molecule has 1 atom stereocenters. The van der Waals surface area contributed by atoms with Crippen molar-refractivity contribution in [3.63, 3.8) is 0 Å². The molecule has 1 aromatic carbocycles. The standard InChI is InChI=1S/C13H13NO/c1-9(8-15)11-5-6-13-12(7-11)4-3-10(2)14-13/h3-9H,1-2H3. The van der Waals surface area contributed by atoms with Crippen LogP contribution in [0.2, 0.25) is 0 Å². The summed E-state index contributed by atoms with van der Waals surface area (Å²) in [6.07, 6.45) is 0.961. The van der Waals surface area contributed by atoms with E-state index in [0.29, 0.717) is 0 Å². The molecular weight excluding hydrogens is 186 g/mol. The summed E-state index contributed by atoms with van der Waals surface area (Å²) in [6.45, 7) is 3.87. The first-order valence-electron chi connectivity index (χ1n) is 5.03. The van der Waals surface area contributed by atoms with Crippen LogP contribution in [0.3, 0.4) is 0 Å². The lowest BCUT2D eigenvalue weighted by Crippen LogP contribution is -1.94. The van der Waals surface area contributed by atoms with Crippen LogP contribution in [0.15, 0.2) is 30.3 Å². The highest BCUT2D eigenvalue weighted by atomic mass is 16.1. The Bertz CT molecular complexity index is 505. The molecule has 76 valence electrons. The van der Waals surface area contributed by atoms with Crippen LogP contribution in [0, 0.1) is 6.92 Å². The van der Waals surface area contributed by atoms with Crippen LogP contribution in [0.1, 0.15) is 24.1 Å². The Hall–Kier alpha value is -1.70. The third-order valence-corrected chi connectivity index (χ3v) is 2.58. The van der Waals surface area contributed by atoms with E-state index in [0.717, 1.165) is 28.4 Å². The summed E-state index contributed by atoms with van der Waals surface area (Å²) >= 11 is 0. The van der Waals surface area contributed by atoms with Crippen LogP contribution < -0.4 is 0 Å². The van der Waals surface area contributed by atoms with Crippen LogP contribution in [0.4, 0.5) is 0 Å². The van der Waals surface area contributed by atoms with Gasteiger partial charge in [-0.2, -0.15) is 0 Å². The average Bonchev–Trinajstić information content (AvgIpc) is 2.27. The first-order valence-corrected chi connectivity index (χ1v) is 5.03. The Morgan fingerprint density at radius 1 is 1.27 bits per heavy atom. The number of rotatable bonds is 2. The second kappa shape index (κ2) is 3.81. The van der Waals surface area contributed by atoms with Crippen LogP contribution in [0.5, 0.6) is 0 Å². The summed E-state index contributed by atoms with van der Waals surface area (Å²) in [5, 5.41) is 1.09. The zero-order valence-corrected chi connectivity index (χ0v) is 8.90. The summed E-state index contributed by atoms with van der Waals surface area (Å²) in [4.78, 5) is 15.1. The lowest BCUT2D eigenvalue weighted by molar-refractivity contribution is -0.108. The molecule has 0 aliphatic heterocycles. The Balaban J connectivity index is 2.56. The summed E-state index contributed by atoms with van der Waals surface area (Å²) in [5.41, 5.74) is 3.04. The molecule has 0 aliphatic carbocycles. The van der Waals surface area contributed by atoms with Crippen molar-refractivity contribution in [3.8, 4) is 0 Å². The van der Waals surface area contributed by atoms with Gasteiger partial charge in [0.05, 0.1) is 5.52 Å². The van der Waals surface area contributed by atoms with E-state index in [1.807, 2.05) is 44.2 Å². The first-order chi connectivity index (χ1) is 7.20. The van der Waals surface area contributed by atoms with Crippen LogP contribution in [-0.4, -0.2) is 11.3 Å². The number of hydrogen-bond acceptors (Lipinski definition) is 2. The predicted octanol–water partition coefficient (Wildman–Crippen LogP) is 2.85. The third-order valence-electron chi connectivity index (χ3n) is 2.58. The second-order valence-electron chi connectivity index (χ2n) is 3.83. The van der Waals surface area contributed by atoms with Crippen molar-refractivity contribution in [2.24, 2.45) is 0 Å². The van der Waals surface area contributed by atoms with Crippen molar-refractivity contribution in [2.75, 3.05) is 0 Å². The highest BCUT2D eigenvalue weighted by molar-refractivity contribution is 5.80. The van der Waals surface area contributed by atoms with Gasteiger partial charge in [0.2, 0.25) is 0 Å². The summed E-state index contributed by atoms with van der Waals surface area (Å²) in [5.74, 6) is -0.0456. The molecule has 0 aliphatic rings. The maximum Gasteiger partial charge on any atom is 0.127 e. The second-order valence-corrected chi connectivity index (χ2v) is 3.83. The molecule has 0 N–H and O–H groups in total. The Morgan fingerprint density at radius 2 is 2.07 bits per heavy atom. The van der Waals surface area contributed by atoms with E-state index in [1.54, 1.807) is 0 Å². The number of nitrogens with zero attached hydrogens (tertiary/aromatic N) is 1. The van der Waals surface area contributed by atoms with Crippen LogP contribution in [-0.2, 0) is 4.79 Å². The number of hydrogen-bond donors (Lipinski definition) is 0. The van der Waals surface area contributed by atoms with Gasteiger partial charge in [-0.05, 0) is 30.7 Å². The summed E-state index contributed by atoms with van der Waals surface area (Å²) < 4.78 is 0. The van der Waals surface area contributed by atoms with E-state index in [1.165, 1.54) is 0 Å². The molecule has 0 saturated carbocycles. The maximum absolute atomic E-state index is 10.7. The number of fused-ring (bicyclic) bond motifs is 1. The van der Waals surface area contributed by atoms with Gasteiger partial charge in [-0.15, -0.1) is 0 Å². The van der Waals surface area contributed by atoms with E-state index >= 15 is 0 Å². The molecule has 1 heterocycles. The third kappa shape index (κ3) is 1.89. The fourth-order valence-electron chi connectivity index (χ4n) is 1.61. The van der Waals surface area contributed by atoms with E-state index in [4.69, 9.17) is 0 Å². The molecule has 15 heavy (non-hydrogen) atoms. The minimum Gasteiger partial charge on any atom is -0.303 e. The fraction of sp³-hybridized carbons (Fsp3) is 0.231. The maximum atomic E-state index is 10.7. The van der Waals surface area contributed by atoms with Crippen molar-refractivity contribution in [1.82, 2.24) is 4.98 Å². The Kier molecular flexibility index (Phi) is 2.50. The molecule has 2 rings (SSSR count). The molecule has 2 aromatic rings. The van der Waals surface area contributed by atoms with Gasteiger partial charge in [0.25, 0.3) is 0 Å². The van der Waals surface area contributed by atoms with Crippen LogP contribution in [0.25, 0.3) is 10.9 Å². The van der Waals surface area contributed by atoms with Gasteiger partial charge < -0.3 is 4.79 Å². The number of benzene rings is 1. The van der Waals surface area contributed by atoms with E-state index in [-0.39, 0.29) is 5.92 Å². The van der Waals surface area contributed by atoms with E-state index in [2.05, 4.69) is 4.98 Å². The van der Waals surface area contributed by atoms with Crippen molar-refractivity contribution >= 4 is 17.2 Å². The highest BCUT2D eigenvalue weighted by Gasteiger charge is 2.04. The van der Waals surface area contributed by atoms with Gasteiger partial charge in [-0.1, -0.05) is 19.1 Å². The van der Waals surface area contributed by atoms with Crippen molar-refractivity contribution in [1.29, 1.82) is 0 Å². The van der Waals surface area contributed by atoms with Gasteiger partial charge in [-0.25, -0.2) is 0 Å². The molecule has 2 nitrogen and oxygen atoms in total. The fourth-order valence-corrected chi connectivity index (χ4v) is 1.61. The Morgan fingerprint density at radius 3 is 2.80 bits per heavy atom. The quantitative estimate of drug-likeness (QED) is 0.696. The van der Waals surface area contributed by atoms with Gasteiger partial charge in [0, 0.05) is 17.0 Å². The van der Waals surface area contributed by atoms with Gasteiger partial charge in [-0.3, -0.25) is 4.98 Å². The topological polar surface area (TPSA) is 30.0 Å².